The Morgan fingerprint density at radius 3 is 2.46 bits per heavy atom. The zero-order valence-electron chi connectivity index (χ0n) is 13.5. The molecule has 0 spiro atoms. The van der Waals surface area contributed by atoms with Gasteiger partial charge in [0.2, 0.25) is 5.91 Å². The smallest absolute Gasteiger partial charge is 0.223 e. The monoisotopic (exact) mass is 343 g/mol. The Kier molecular flexibility index (Phi) is 7.04. The van der Waals surface area contributed by atoms with Gasteiger partial charge >= 0.3 is 0 Å². The van der Waals surface area contributed by atoms with Gasteiger partial charge in [-0.2, -0.15) is 0 Å². The zero-order valence-corrected chi connectivity index (χ0v) is 14.2. The van der Waals surface area contributed by atoms with Crippen molar-refractivity contribution in [3.05, 3.63) is 83.4 Å². The minimum absolute atomic E-state index is 0.0835. The molecule has 0 aliphatic carbocycles. The van der Waals surface area contributed by atoms with Gasteiger partial charge in [0, 0.05) is 17.5 Å². The van der Waals surface area contributed by atoms with Crippen LogP contribution in [0.15, 0.2) is 67.3 Å². The molecule has 126 valence electrons. The van der Waals surface area contributed by atoms with E-state index >= 15 is 0 Å². The number of allylic oxidation sites excluding steroid dienone is 1. The predicted molar refractivity (Wildman–Crippen MR) is 97.9 cm³/mol. The Hall–Kier alpha value is -2.10. The lowest BCUT2D eigenvalue weighted by atomic mass is 9.95. The van der Waals surface area contributed by atoms with Gasteiger partial charge in [0.05, 0.1) is 6.10 Å². The van der Waals surface area contributed by atoms with Crippen LogP contribution in [0.4, 0.5) is 0 Å². The number of aliphatic hydroxyl groups is 1. The standard InChI is InChI=1S/C20H22ClNO2/c1-2-6-17(13-15-9-11-18(21)12-10-15)20(24)22-14-19(23)16-7-4-3-5-8-16/h2-5,7-12,17,19,23H,1,6,13-14H2,(H,22,24)/t17-,19-/m0/s1. The Morgan fingerprint density at radius 2 is 1.83 bits per heavy atom. The molecule has 0 fully saturated rings. The van der Waals surface area contributed by atoms with Crippen molar-refractivity contribution in [2.24, 2.45) is 5.92 Å². The number of carbonyl (C=O) groups is 1. The summed E-state index contributed by atoms with van der Waals surface area (Å²) < 4.78 is 0. The van der Waals surface area contributed by atoms with Gasteiger partial charge in [-0.15, -0.1) is 6.58 Å². The van der Waals surface area contributed by atoms with Gasteiger partial charge in [-0.3, -0.25) is 4.79 Å². The van der Waals surface area contributed by atoms with Gasteiger partial charge in [-0.05, 0) is 36.1 Å². The lowest BCUT2D eigenvalue weighted by Gasteiger charge is -2.18. The highest BCUT2D eigenvalue weighted by molar-refractivity contribution is 6.30. The SMILES string of the molecule is C=CC[C@@H](Cc1ccc(Cl)cc1)C(=O)NC[C@H](O)c1ccccc1. The molecule has 0 unspecified atom stereocenters. The molecule has 4 heteroatoms. The second kappa shape index (κ2) is 9.26. The van der Waals surface area contributed by atoms with Crippen LogP contribution < -0.4 is 5.32 Å². The van der Waals surface area contributed by atoms with E-state index in [1.54, 1.807) is 6.08 Å². The van der Waals surface area contributed by atoms with Crippen molar-refractivity contribution in [3.63, 3.8) is 0 Å². The number of hydrogen-bond acceptors (Lipinski definition) is 2. The van der Waals surface area contributed by atoms with E-state index in [0.29, 0.717) is 17.9 Å². The van der Waals surface area contributed by atoms with Crippen molar-refractivity contribution < 1.29 is 9.90 Å². The topological polar surface area (TPSA) is 49.3 Å². The fourth-order valence-electron chi connectivity index (χ4n) is 2.52. The van der Waals surface area contributed by atoms with E-state index in [-0.39, 0.29) is 18.4 Å². The van der Waals surface area contributed by atoms with Crippen LogP contribution in [0, 0.1) is 5.92 Å². The number of hydrogen-bond donors (Lipinski definition) is 2. The molecule has 0 radical (unpaired) electrons. The number of aliphatic hydroxyl groups excluding tert-OH is 1. The van der Waals surface area contributed by atoms with E-state index in [1.807, 2.05) is 54.6 Å². The molecule has 0 saturated carbocycles. The molecule has 0 aliphatic heterocycles. The number of halogens is 1. The number of rotatable bonds is 8. The molecule has 2 N–H and O–H groups in total. The second-order valence-corrected chi connectivity index (χ2v) is 6.16. The van der Waals surface area contributed by atoms with E-state index in [9.17, 15) is 9.90 Å². The predicted octanol–water partition coefficient (Wildman–Crippen LogP) is 3.92. The van der Waals surface area contributed by atoms with Crippen LogP contribution in [0.2, 0.25) is 5.02 Å². The summed E-state index contributed by atoms with van der Waals surface area (Å²) >= 11 is 5.89. The summed E-state index contributed by atoms with van der Waals surface area (Å²) in [4.78, 5) is 12.4. The molecule has 1 amide bonds. The molecule has 2 aromatic rings. The van der Waals surface area contributed by atoms with Crippen LogP contribution in [-0.4, -0.2) is 17.6 Å². The van der Waals surface area contributed by atoms with Crippen LogP contribution in [0.3, 0.4) is 0 Å². The average molecular weight is 344 g/mol. The maximum Gasteiger partial charge on any atom is 0.223 e. The number of nitrogens with one attached hydrogen (secondary N) is 1. The third-order valence-electron chi connectivity index (χ3n) is 3.87. The van der Waals surface area contributed by atoms with Gasteiger partial charge < -0.3 is 10.4 Å². The van der Waals surface area contributed by atoms with Crippen LogP contribution in [0.25, 0.3) is 0 Å². The minimum atomic E-state index is -0.713. The molecule has 2 atom stereocenters. The first-order valence-electron chi connectivity index (χ1n) is 7.96. The molecule has 0 aliphatic rings. The normalized spacial score (nSPS) is 13.1. The molecule has 2 aromatic carbocycles. The van der Waals surface area contributed by atoms with Gasteiger partial charge in [0.25, 0.3) is 0 Å². The molecule has 0 saturated heterocycles. The van der Waals surface area contributed by atoms with E-state index in [0.717, 1.165) is 11.1 Å². The van der Waals surface area contributed by atoms with Crippen LogP contribution >= 0.6 is 11.6 Å². The number of benzene rings is 2. The molecule has 2 rings (SSSR count). The fourth-order valence-corrected chi connectivity index (χ4v) is 2.65. The van der Waals surface area contributed by atoms with Crippen LogP contribution in [0.1, 0.15) is 23.7 Å². The highest BCUT2D eigenvalue weighted by Gasteiger charge is 2.19. The maximum absolute atomic E-state index is 12.4. The zero-order chi connectivity index (χ0) is 17.4. The summed E-state index contributed by atoms with van der Waals surface area (Å²) in [6, 6.07) is 16.8. The molecular formula is C20H22ClNO2. The van der Waals surface area contributed by atoms with Crippen molar-refractivity contribution in [1.29, 1.82) is 0 Å². The third-order valence-corrected chi connectivity index (χ3v) is 4.12. The first-order chi connectivity index (χ1) is 11.6. The van der Waals surface area contributed by atoms with Gasteiger partial charge in [0.1, 0.15) is 0 Å². The Balaban J connectivity index is 1.93. The summed E-state index contributed by atoms with van der Waals surface area (Å²) in [6.45, 7) is 3.92. The minimum Gasteiger partial charge on any atom is -0.387 e. The fraction of sp³-hybridized carbons (Fsp3) is 0.250. The van der Waals surface area contributed by atoms with Crippen molar-refractivity contribution in [3.8, 4) is 0 Å². The first kappa shape index (κ1) is 18.2. The van der Waals surface area contributed by atoms with Crippen molar-refractivity contribution >= 4 is 17.5 Å². The van der Waals surface area contributed by atoms with E-state index in [2.05, 4.69) is 11.9 Å². The summed E-state index contributed by atoms with van der Waals surface area (Å²) in [7, 11) is 0. The summed E-state index contributed by atoms with van der Waals surface area (Å²) in [5.74, 6) is -0.300. The molecular weight excluding hydrogens is 322 g/mol. The van der Waals surface area contributed by atoms with E-state index in [1.165, 1.54) is 0 Å². The summed E-state index contributed by atoms with van der Waals surface area (Å²) in [5, 5.41) is 13.7. The Morgan fingerprint density at radius 1 is 1.17 bits per heavy atom. The number of carbonyl (C=O) groups excluding carboxylic acids is 1. The molecule has 3 nitrogen and oxygen atoms in total. The van der Waals surface area contributed by atoms with Crippen molar-refractivity contribution in [1.82, 2.24) is 5.32 Å². The third kappa shape index (κ3) is 5.52. The molecule has 24 heavy (non-hydrogen) atoms. The molecule has 0 aromatic heterocycles. The summed E-state index contributed by atoms with van der Waals surface area (Å²) in [6.07, 6.45) is 2.22. The quantitative estimate of drug-likeness (QED) is 0.714. The highest BCUT2D eigenvalue weighted by atomic mass is 35.5. The van der Waals surface area contributed by atoms with Crippen molar-refractivity contribution in [2.45, 2.75) is 18.9 Å². The largest absolute Gasteiger partial charge is 0.387 e. The van der Waals surface area contributed by atoms with Crippen LogP contribution in [-0.2, 0) is 11.2 Å². The van der Waals surface area contributed by atoms with Gasteiger partial charge in [-0.1, -0.05) is 60.1 Å². The Labute approximate surface area is 148 Å². The number of amides is 1. The lowest BCUT2D eigenvalue weighted by Crippen LogP contribution is -2.34. The molecule has 0 heterocycles. The van der Waals surface area contributed by atoms with Crippen LogP contribution in [0.5, 0.6) is 0 Å². The van der Waals surface area contributed by atoms with Crippen molar-refractivity contribution in [2.75, 3.05) is 6.54 Å². The van der Waals surface area contributed by atoms with Gasteiger partial charge in [-0.25, -0.2) is 0 Å². The van der Waals surface area contributed by atoms with E-state index < -0.39 is 6.10 Å². The lowest BCUT2D eigenvalue weighted by molar-refractivity contribution is -0.125. The highest BCUT2D eigenvalue weighted by Crippen LogP contribution is 2.17. The maximum atomic E-state index is 12.4. The Bertz CT molecular complexity index is 655. The van der Waals surface area contributed by atoms with E-state index in [4.69, 9.17) is 11.6 Å². The average Bonchev–Trinajstić information content (AvgIpc) is 2.61. The first-order valence-corrected chi connectivity index (χ1v) is 8.34. The van der Waals surface area contributed by atoms with Gasteiger partial charge in [0.15, 0.2) is 0 Å². The summed E-state index contributed by atoms with van der Waals surface area (Å²) in [5.41, 5.74) is 1.83. The molecule has 0 bridgehead atoms. The second-order valence-electron chi connectivity index (χ2n) is 5.72.